The Bertz CT molecular complexity index is 861. The topological polar surface area (TPSA) is 41.1 Å². The summed E-state index contributed by atoms with van der Waals surface area (Å²) in [6, 6.07) is 14.1. The van der Waals surface area contributed by atoms with Gasteiger partial charge in [0.1, 0.15) is 0 Å². The van der Waals surface area contributed by atoms with Crippen LogP contribution in [0.2, 0.25) is 5.02 Å². The zero-order valence-electron chi connectivity index (χ0n) is 14.8. The number of fused-ring (bicyclic) bond motifs is 3. The highest BCUT2D eigenvalue weighted by Crippen LogP contribution is 2.51. The molecule has 2 aromatic rings. The summed E-state index contributed by atoms with van der Waals surface area (Å²) in [6.07, 6.45) is 6.46. The minimum atomic E-state index is -0.0189. The molecule has 0 aromatic heterocycles. The van der Waals surface area contributed by atoms with Crippen molar-refractivity contribution in [2.24, 2.45) is 5.92 Å². The second-order valence-electron chi connectivity index (χ2n) is 7.02. The largest absolute Gasteiger partial charge is 0.377 e. The Morgan fingerprint density at radius 1 is 1.19 bits per heavy atom. The lowest BCUT2D eigenvalue weighted by atomic mass is 9.76. The average Bonchev–Trinajstić information content (AvgIpc) is 3.15. The van der Waals surface area contributed by atoms with E-state index < -0.39 is 0 Å². The maximum Gasteiger partial charge on any atom is 0.253 e. The molecule has 1 aliphatic carbocycles. The quantitative estimate of drug-likeness (QED) is 0.720. The molecule has 1 amide bonds. The molecular formula is C22H23ClN2O. The lowest BCUT2D eigenvalue weighted by Gasteiger charge is -2.38. The van der Waals surface area contributed by atoms with Crippen LogP contribution in [0.5, 0.6) is 0 Å². The molecule has 0 fully saturated rings. The predicted octanol–water partition coefficient (Wildman–Crippen LogP) is 5.31. The van der Waals surface area contributed by atoms with Gasteiger partial charge in [-0.05, 0) is 42.0 Å². The summed E-state index contributed by atoms with van der Waals surface area (Å²) in [5.41, 5.74) is 3.96. The van der Waals surface area contributed by atoms with Crippen LogP contribution in [0, 0.1) is 5.92 Å². The first kappa shape index (κ1) is 17.2. The van der Waals surface area contributed by atoms with Crippen LogP contribution in [-0.2, 0) is 0 Å². The molecule has 0 saturated carbocycles. The van der Waals surface area contributed by atoms with E-state index in [0.29, 0.717) is 23.9 Å². The van der Waals surface area contributed by atoms with Crippen LogP contribution in [0.25, 0.3) is 0 Å². The Balaban J connectivity index is 1.78. The van der Waals surface area contributed by atoms with E-state index in [4.69, 9.17) is 11.6 Å². The molecule has 2 aliphatic rings. The number of hydrogen-bond donors (Lipinski definition) is 2. The van der Waals surface area contributed by atoms with Crippen LogP contribution in [0.1, 0.15) is 53.2 Å². The lowest BCUT2D eigenvalue weighted by Crippen LogP contribution is -2.32. The summed E-state index contributed by atoms with van der Waals surface area (Å²) >= 11 is 6.51. The van der Waals surface area contributed by atoms with Crippen LogP contribution in [-0.4, -0.2) is 12.5 Å². The molecule has 0 saturated heterocycles. The second kappa shape index (κ2) is 7.16. The van der Waals surface area contributed by atoms with E-state index in [1.807, 2.05) is 30.3 Å². The molecule has 134 valence electrons. The van der Waals surface area contributed by atoms with Gasteiger partial charge in [0, 0.05) is 17.5 Å². The van der Waals surface area contributed by atoms with Gasteiger partial charge in [-0.2, -0.15) is 0 Å². The normalized spacial score (nSPS) is 23.1. The van der Waals surface area contributed by atoms with E-state index in [0.717, 1.165) is 29.1 Å². The van der Waals surface area contributed by atoms with Gasteiger partial charge >= 0.3 is 0 Å². The van der Waals surface area contributed by atoms with E-state index in [-0.39, 0.29) is 11.9 Å². The lowest BCUT2D eigenvalue weighted by molar-refractivity contribution is 0.0954. The standard InChI is InChI=1S/C22H23ClN2O/c1-2-13-24-22(26)18-11-6-10-16-14-8-5-9-15(14)20(25-21(16)18)17-7-3-4-12-19(17)23/h3-8,10-12,14-15,20,25H,2,9,13H2,1H3,(H,24,26). The maximum atomic E-state index is 12.7. The molecule has 26 heavy (non-hydrogen) atoms. The molecular weight excluding hydrogens is 344 g/mol. The van der Waals surface area contributed by atoms with Gasteiger partial charge in [0.25, 0.3) is 5.91 Å². The number of anilines is 1. The molecule has 3 nitrogen and oxygen atoms in total. The van der Waals surface area contributed by atoms with Gasteiger partial charge in [-0.15, -0.1) is 0 Å². The molecule has 0 spiro atoms. The van der Waals surface area contributed by atoms with Crippen LogP contribution in [0.4, 0.5) is 5.69 Å². The number of para-hydroxylation sites is 1. The fraction of sp³-hybridized carbons (Fsp3) is 0.318. The number of halogens is 1. The van der Waals surface area contributed by atoms with Crippen molar-refractivity contribution in [2.75, 3.05) is 11.9 Å². The number of carbonyl (C=O) groups is 1. The molecule has 1 aliphatic heterocycles. The molecule has 2 N–H and O–H groups in total. The Kier molecular flexibility index (Phi) is 4.73. The molecule has 3 atom stereocenters. The van der Waals surface area contributed by atoms with Crippen molar-refractivity contribution in [3.05, 3.63) is 76.3 Å². The monoisotopic (exact) mass is 366 g/mol. The van der Waals surface area contributed by atoms with Crippen molar-refractivity contribution in [2.45, 2.75) is 31.7 Å². The molecule has 2 aromatic carbocycles. The van der Waals surface area contributed by atoms with Crippen molar-refractivity contribution in [1.82, 2.24) is 5.32 Å². The first-order valence-electron chi connectivity index (χ1n) is 9.29. The van der Waals surface area contributed by atoms with Gasteiger partial charge in [0.05, 0.1) is 17.3 Å². The predicted molar refractivity (Wildman–Crippen MR) is 107 cm³/mol. The van der Waals surface area contributed by atoms with Crippen LogP contribution < -0.4 is 10.6 Å². The number of carbonyl (C=O) groups excluding carboxylic acids is 1. The third-order valence-corrected chi connectivity index (χ3v) is 5.76. The first-order valence-corrected chi connectivity index (χ1v) is 9.67. The van der Waals surface area contributed by atoms with E-state index in [9.17, 15) is 4.79 Å². The van der Waals surface area contributed by atoms with Crippen molar-refractivity contribution in [3.8, 4) is 0 Å². The Labute approximate surface area is 159 Å². The number of rotatable bonds is 4. The van der Waals surface area contributed by atoms with Crippen molar-refractivity contribution in [1.29, 1.82) is 0 Å². The number of hydrogen-bond acceptors (Lipinski definition) is 2. The average molecular weight is 367 g/mol. The molecule has 0 radical (unpaired) electrons. The van der Waals surface area contributed by atoms with Crippen molar-refractivity contribution >= 4 is 23.2 Å². The summed E-state index contributed by atoms with van der Waals surface area (Å²) in [7, 11) is 0. The summed E-state index contributed by atoms with van der Waals surface area (Å²) in [4.78, 5) is 12.7. The number of benzene rings is 2. The maximum absolute atomic E-state index is 12.7. The molecule has 4 heteroatoms. The third-order valence-electron chi connectivity index (χ3n) is 5.42. The van der Waals surface area contributed by atoms with Gasteiger partial charge in [0.2, 0.25) is 0 Å². The highest BCUT2D eigenvalue weighted by Gasteiger charge is 2.39. The van der Waals surface area contributed by atoms with Crippen molar-refractivity contribution < 1.29 is 4.79 Å². The zero-order chi connectivity index (χ0) is 18.1. The molecule has 0 bridgehead atoms. The third kappa shape index (κ3) is 2.90. The van der Waals surface area contributed by atoms with E-state index in [1.165, 1.54) is 5.56 Å². The summed E-state index contributed by atoms with van der Waals surface area (Å²) in [6.45, 7) is 2.74. The summed E-state index contributed by atoms with van der Waals surface area (Å²) in [5.74, 6) is 0.706. The van der Waals surface area contributed by atoms with E-state index in [2.05, 4.69) is 41.8 Å². The van der Waals surface area contributed by atoms with Gasteiger partial charge in [-0.25, -0.2) is 0 Å². The summed E-state index contributed by atoms with van der Waals surface area (Å²) in [5, 5.41) is 7.44. The van der Waals surface area contributed by atoms with Crippen LogP contribution in [0.15, 0.2) is 54.6 Å². The smallest absolute Gasteiger partial charge is 0.253 e. The highest BCUT2D eigenvalue weighted by atomic mass is 35.5. The Morgan fingerprint density at radius 2 is 2.00 bits per heavy atom. The minimum absolute atomic E-state index is 0.0189. The van der Waals surface area contributed by atoms with E-state index >= 15 is 0 Å². The fourth-order valence-corrected chi connectivity index (χ4v) is 4.43. The molecule has 1 heterocycles. The Hall–Kier alpha value is -2.26. The zero-order valence-corrected chi connectivity index (χ0v) is 15.6. The van der Waals surface area contributed by atoms with Gasteiger partial charge in [-0.3, -0.25) is 4.79 Å². The molecule has 4 rings (SSSR count). The number of allylic oxidation sites excluding steroid dienone is 2. The van der Waals surface area contributed by atoms with E-state index in [1.54, 1.807) is 0 Å². The van der Waals surface area contributed by atoms with Crippen LogP contribution in [0.3, 0.4) is 0 Å². The minimum Gasteiger partial charge on any atom is -0.377 e. The summed E-state index contributed by atoms with van der Waals surface area (Å²) < 4.78 is 0. The highest BCUT2D eigenvalue weighted by molar-refractivity contribution is 6.31. The second-order valence-corrected chi connectivity index (χ2v) is 7.43. The van der Waals surface area contributed by atoms with Crippen LogP contribution >= 0.6 is 11.6 Å². The van der Waals surface area contributed by atoms with Gasteiger partial charge in [0.15, 0.2) is 0 Å². The molecule has 3 unspecified atom stereocenters. The fourth-order valence-electron chi connectivity index (χ4n) is 4.18. The Morgan fingerprint density at radius 3 is 2.81 bits per heavy atom. The number of nitrogens with one attached hydrogen (secondary N) is 2. The first-order chi connectivity index (χ1) is 12.7. The van der Waals surface area contributed by atoms with Gasteiger partial charge < -0.3 is 10.6 Å². The SMILES string of the molecule is CCCNC(=O)c1cccc2c1NC(c1ccccc1Cl)C1CC=CC21. The van der Waals surface area contributed by atoms with Crippen molar-refractivity contribution in [3.63, 3.8) is 0 Å². The van der Waals surface area contributed by atoms with Gasteiger partial charge in [-0.1, -0.05) is 61.0 Å². The number of amides is 1.